The van der Waals surface area contributed by atoms with E-state index in [1.54, 1.807) is 0 Å². The third-order valence-electron chi connectivity index (χ3n) is 15.1. The highest BCUT2D eigenvalue weighted by Crippen LogP contribution is 2.43. The molecule has 1 saturated heterocycles. The first-order valence-corrected chi connectivity index (χ1v) is 28.3. The van der Waals surface area contributed by atoms with Gasteiger partial charge in [-0.05, 0) is 127 Å². The van der Waals surface area contributed by atoms with Crippen LogP contribution < -0.4 is 31.9 Å². The molecule has 1 aromatic rings. The van der Waals surface area contributed by atoms with Crippen molar-refractivity contribution in [2.24, 2.45) is 45.3 Å². The zero-order valence-electron chi connectivity index (χ0n) is 48.7. The molecule has 1 aromatic carbocycles. The van der Waals surface area contributed by atoms with Crippen LogP contribution in [0.15, 0.2) is 115 Å². The Balaban J connectivity index is 1.65. The zero-order chi connectivity index (χ0) is 54.5. The molecule has 6 N–H and O–H groups in total. The molecule has 412 valence electrons. The average Bonchev–Trinajstić information content (AvgIpc) is 3.26. The van der Waals surface area contributed by atoms with E-state index in [2.05, 4.69) is 193 Å². The van der Waals surface area contributed by atoms with Gasteiger partial charge in [0.25, 0.3) is 0 Å². The van der Waals surface area contributed by atoms with Crippen LogP contribution in [-0.2, 0) is 20.6 Å². The Hall–Kier alpha value is -3.73. The van der Waals surface area contributed by atoms with Gasteiger partial charge in [0.1, 0.15) is 11.9 Å². The van der Waals surface area contributed by atoms with Crippen molar-refractivity contribution in [3.8, 4) is 0 Å². The molecule has 0 amide bonds. The SMILES string of the molecule is C=C(CCc1ccc(S)cc1)NCC1=CC[C@@H](NC(=C)CNC(=C)CC(C)(C)C)[C@@H](C[C@@H]2C(NC(=C)CC(C)(C)C)CC(NC(=C)[C@@H](C)CCNC(=C)CC(C)(C)C)[C@H](OC3C[C@@H](CC)C(C)(C)CO3)C2C)O1. The third-order valence-corrected chi connectivity index (χ3v) is 15.4. The second-order valence-electron chi connectivity index (χ2n) is 26.7. The smallest absolute Gasteiger partial charge is 0.158 e. The van der Waals surface area contributed by atoms with Gasteiger partial charge in [-0.15, -0.1) is 12.6 Å². The van der Waals surface area contributed by atoms with Gasteiger partial charge in [0.05, 0.1) is 37.9 Å². The summed E-state index contributed by atoms with van der Waals surface area (Å²) in [5.41, 5.74) is 7.86. The number of allylic oxidation sites excluding steroid dienone is 5. The van der Waals surface area contributed by atoms with Crippen LogP contribution >= 0.6 is 12.6 Å². The van der Waals surface area contributed by atoms with Crippen molar-refractivity contribution in [3.63, 3.8) is 0 Å². The first-order valence-electron chi connectivity index (χ1n) is 27.9. The number of thiol groups is 1. The second-order valence-corrected chi connectivity index (χ2v) is 27.2. The summed E-state index contributed by atoms with van der Waals surface area (Å²) in [4.78, 5) is 0.968. The Morgan fingerprint density at radius 3 is 1.99 bits per heavy atom. The van der Waals surface area contributed by atoms with Gasteiger partial charge in [-0.1, -0.05) is 155 Å². The highest BCUT2D eigenvalue weighted by Gasteiger charge is 2.48. The summed E-state index contributed by atoms with van der Waals surface area (Å²) >= 11 is 4.47. The number of ether oxygens (including phenoxy) is 3. The summed E-state index contributed by atoms with van der Waals surface area (Å²) in [7, 11) is 0. The monoisotopic (exact) mass is 1030 g/mol. The maximum Gasteiger partial charge on any atom is 0.158 e. The fourth-order valence-electron chi connectivity index (χ4n) is 11.2. The highest BCUT2D eigenvalue weighted by molar-refractivity contribution is 7.80. The first kappa shape index (κ1) is 61.8. The number of hydrogen-bond acceptors (Lipinski definition) is 10. The minimum Gasteiger partial charge on any atom is -0.491 e. The van der Waals surface area contributed by atoms with Crippen LogP contribution in [0.2, 0.25) is 0 Å². The standard InChI is InChI=1S/C63H106N6O3S/c1-21-50-32-58(70-40-63(50,19)20)72-59-47(8)53(55(67-45(6)37-62(16,17)18)34-56(59)69-48(9)41(2)30-31-64-43(4)35-60(10,11)12)33-57-54(68-46(7)38-65-44(5)36-61(13,14)15)29-26-51(71-57)39-66-42(3)22-23-49-24-27-52(73)28-25-49/h24-28,41,47,50,53-59,64-69,73H,3-7,9,21-23,29-40H2,1-2,8,10-20H3/t41-,47?,50+,53-,54+,55?,56?,57+,58?,59+/m0/s1. The van der Waals surface area contributed by atoms with Gasteiger partial charge in [-0.3, -0.25) is 0 Å². The summed E-state index contributed by atoms with van der Waals surface area (Å²) < 4.78 is 21.2. The predicted molar refractivity (Wildman–Crippen MR) is 314 cm³/mol. The van der Waals surface area contributed by atoms with Crippen LogP contribution in [0.5, 0.6) is 0 Å². The lowest BCUT2D eigenvalue weighted by Gasteiger charge is -2.51. The van der Waals surface area contributed by atoms with Crippen LogP contribution in [0.3, 0.4) is 0 Å². The lowest BCUT2D eigenvalue weighted by atomic mass is 9.69. The topological polar surface area (TPSA) is 99.9 Å². The maximum absolute atomic E-state index is 7.38. The Kier molecular flexibility index (Phi) is 23.2. The molecule has 0 radical (unpaired) electrons. The molecule has 10 heteroatoms. The molecule has 2 heterocycles. The summed E-state index contributed by atoms with van der Waals surface area (Å²) in [5.74, 6) is 1.93. The van der Waals surface area contributed by atoms with E-state index in [4.69, 9.17) is 20.8 Å². The molecule has 3 aliphatic rings. The summed E-state index contributed by atoms with van der Waals surface area (Å²) in [6.45, 7) is 61.6. The number of nitrogens with one attached hydrogen (secondary N) is 6. The molecule has 2 aliphatic heterocycles. The van der Waals surface area contributed by atoms with E-state index >= 15 is 0 Å². The number of benzene rings is 1. The van der Waals surface area contributed by atoms with Crippen molar-refractivity contribution >= 4 is 12.6 Å². The molecular formula is C63H106N6O3S. The molecule has 4 rings (SSSR count). The molecule has 0 aromatic heterocycles. The van der Waals surface area contributed by atoms with Crippen LogP contribution in [-0.4, -0.2) is 62.9 Å². The van der Waals surface area contributed by atoms with Gasteiger partial charge in [0, 0.05) is 58.1 Å². The van der Waals surface area contributed by atoms with E-state index < -0.39 is 0 Å². The fourth-order valence-corrected chi connectivity index (χ4v) is 11.3. The minimum atomic E-state index is -0.292. The number of rotatable bonds is 28. The minimum absolute atomic E-state index is 0.00397. The van der Waals surface area contributed by atoms with E-state index in [1.807, 2.05) is 12.1 Å². The fraction of sp³-hybridized carbons (Fsp3) is 0.683. The lowest BCUT2D eigenvalue weighted by Crippen LogP contribution is -2.60. The highest BCUT2D eigenvalue weighted by atomic mass is 32.1. The molecule has 1 saturated carbocycles. The summed E-state index contributed by atoms with van der Waals surface area (Å²) in [6.07, 6.45) is 11.4. The van der Waals surface area contributed by atoms with E-state index in [9.17, 15) is 0 Å². The largest absolute Gasteiger partial charge is 0.491 e. The van der Waals surface area contributed by atoms with Gasteiger partial charge in [-0.2, -0.15) is 0 Å². The van der Waals surface area contributed by atoms with Gasteiger partial charge < -0.3 is 46.1 Å². The molecule has 0 spiro atoms. The van der Waals surface area contributed by atoms with E-state index in [-0.39, 0.29) is 76.0 Å². The third kappa shape index (κ3) is 21.8. The van der Waals surface area contributed by atoms with Crippen LogP contribution in [0, 0.1) is 45.3 Å². The van der Waals surface area contributed by atoms with Gasteiger partial charge in [-0.25, -0.2) is 0 Å². The quantitative estimate of drug-likeness (QED) is 0.0414. The first-order chi connectivity index (χ1) is 33.9. The molecule has 1 aliphatic carbocycles. The number of hydrogen-bond donors (Lipinski definition) is 7. The van der Waals surface area contributed by atoms with Crippen molar-refractivity contribution in [3.05, 3.63) is 115 Å². The van der Waals surface area contributed by atoms with Crippen LogP contribution in [0.1, 0.15) is 167 Å². The summed E-state index contributed by atoms with van der Waals surface area (Å²) in [5, 5.41) is 22.7. The predicted octanol–water partition coefficient (Wildman–Crippen LogP) is 13.9. The Morgan fingerprint density at radius 2 is 1.37 bits per heavy atom. The molecule has 73 heavy (non-hydrogen) atoms. The van der Waals surface area contributed by atoms with Gasteiger partial charge in [0.15, 0.2) is 6.29 Å². The lowest BCUT2D eigenvalue weighted by molar-refractivity contribution is -0.245. The molecule has 9 nitrogen and oxygen atoms in total. The van der Waals surface area contributed by atoms with Gasteiger partial charge in [0.2, 0.25) is 0 Å². The Morgan fingerprint density at radius 1 is 0.767 bits per heavy atom. The normalized spacial score (nSPS) is 25.7. The molecule has 10 atom stereocenters. The van der Waals surface area contributed by atoms with Crippen molar-refractivity contribution in [2.75, 3.05) is 26.2 Å². The molecular weight excluding hydrogens is 921 g/mol. The van der Waals surface area contributed by atoms with Crippen molar-refractivity contribution in [2.45, 2.75) is 209 Å². The molecule has 2 fully saturated rings. The Labute approximate surface area is 452 Å². The van der Waals surface area contributed by atoms with Crippen molar-refractivity contribution < 1.29 is 14.2 Å². The zero-order valence-corrected chi connectivity index (χ0v) is 49.6. The van der Waals surface area contributed by atoms with Crippen LogP contribution in [0.4, 0.5) is 0 Å². The number of aryl methyl sites for hydroxylation is 1. The van der Waals surface area contributed by atoms with E-state index in [0.717, 1.165) is 122 Å². The summed E-state index contributed by atoms with van der Waals surface area (Å²) in [6, 6.07) is 8.43. The Bertz CT molecular complexity index is 2020. The molecule has 4 unspecified atom stereocenters. The second kappa shape index (κ2) is 27.4. The van der Waals surface area contributed by atoms with E-state index in [0.29, 0.717) is 25.6 Å². The van der Waals surface area contributed by atoms with E-state index in [1.165, 1.54) is 5.56 Å². The molecule has 0 bridgehead atoms. The van der Waals surface area contributed by atoms with Crippen LogP contribution in [0.25, 0.3) is 0 Å². The average molecular weight is 1030 g/mol. The van der Waals surface area contributed by atoms with Gasteiger partial charge >= 0.3 is 0 Å². The van der Waals surface area contributed by atoms with Crippen molar-refractivity contribution in [1.82, 2.24) is 31.9 Å². The van der Waals surface area contributed by atoms with Crippen molar-refractivity contribution in [1.29, 1.82) is 0 Å². The maximum atomic E-state index is 7.38.